The van der Waals surface area contributed by atoms with E-state index in [0.717, 1.165) is 0 Å². The fourth-order valence-corrected chi connectivity index (χ4v) is 1.21. The van der Waals surface area contributed by atoms with Crippen LogP contribution in [0.1, 0.15) is 17.4 Å². The number of carbonyl (C=O) groups excluding carboxylic acids is 1. The largest absolute Gasteiger partial charge is 0.287 e. The molecule has 0 bridgehead atoms. The number of aliphatic imine (C=N–C) groups is 1. The summed E-state index contributed by atoms with van der Waals surface area (Å²) in [6, 6.07) is 1.49. The standard InChI is InChI=1S/C11H10ClN3O/c1-3-4-8(7-13-2)10(16)9-5-6-14-11(12)15-9/h3-7H,2H2,1H3/b4-3-,8-7+. The molecule has 0 aliphatic rings. The molecule has 0 saturated carbocycles. The molecule has 0 aliphatic carbocycles. The molecule has 1 heterocycles. The SMILES string of the molecule is C=N/C=C(\C=C/C)C(=O)c1ccnc(Cl)n1. The van der Waals surface area contributed by atoms with Crippen molar-refractivity contribution in [2.45, 2.75) is 6.92 Å². The van der Waals surface area contributed by atoms with Crippen LogP contribution < -0.4 is 0 Å². The van der Waals surface area contributed by atoms with E-state index in [4.69, 9.17) is 11.6 Å². The van der Waals surface area contributed by atoms with Crippen LogP contribution in [0.15, 0.2) is 41.2 Å². The molecular formula is C11H10ClN3O. The van der Waals surface area contributed by atoms with Crippen LogP contribution in [0, 0.1) is 0 Å². The summed E-state index contributed by atoms with van der Waals surface area (Å²) in [6.07, 6.45) is 6.17. The first kappa shape index (κ1) is 12.3. The van der Waals surface area contributed by atoms with E-state index in [0.29, 0.717) is 5.57 Å². The monoisotopic (exact) mass is 235 g/mol. The topological polar surface area (TPSA) is 55.2 Å². The second-order valence-electron chi connectivity index (χ2n) is 2.81. The van der Waals surface area contributed by atoms with E-state index >= 15 is 0 Å². The maximum absolute atomic E-state index is 11.9. The van der Waals surface area contributed by atoms with Crippen LogP contribution in [-0.4, -0.2) is 22.5 Å². The lowest BCUT2D eigenvalue weighted by Crippen LogP contribution is -2.05. The number of aromatic nitrogens is 2. The Morgan fingerprint density at radius 3 is 2.94 bits per heavy atom. The van der Waals surface area contributed by atoms with Gasteiger partial charge in [0.05, 0.1) is 0 Å². The van der Waals surface area contributed by atoms with E-state index in [1.807, 2.05) is 0 Å². The van der Waals surface area contributed by atoms with Crippen molar-refractivity contribution >= 4 is 24.1 Å². The number of hydrogen-bond donors (Lipinski definition) is 0. The summed E-state index contributed by atoms with van der Waals surface area (Å²) in [5.41, 5.74) is 0.625. The van der Waals surface area contributed by atoms with E-state index in [9.17, 15) is 4.79 Å². The Kier molecular flexibility index (Phi) is 4.54. The van der Waals surface area contributed by atoms with E-state index in [1.165, 1.54) is 18.5 Å². The first-order valence-corrected chi connectivity index (χ1v) is 4.88. The molecule has 0 aliphatic heterocycles. The maximum atomic E-state index is 11.9. The van der Waals surface area contributed by atoms with Crippen molar-refractivity contribution in [3.05, 3.63) is 47.2 Å². The second kappa shape index (κ2) is 5.92. The zero-order chi connectivity index (χ0) is 12.0. The van der Waals surface area contributed by atoms with Gasteiger partial charge in [-0.2, -0.15) is 0 Å². The van der Waals surface area contributed by atoms with Crippen molar-refractivity contribution in [2.75, 3.05) is 0 Å². The van der Waals surface area contributed by atoms with Gasteiger partial charge in [0, 0.05) is 18.0 Å². The third kappa shape index (κ3) is 3.10. The van der Waals surface area contributed by atoms with Gasteiger partial charge in [0.1, 0.15) is 5.69 Å². The average molecular weight is 236 g/mol. The number of nitrogens with zero attached hydrogens (tertiary/aromatic N) is 3. The van der Waals surface area contributed by atoms with Gasteiger partial charge in [-0.3, -0.25) is 9.79 Å². The molecule has 5 heteroatoms. The predicted molar refractivity (Wildman–Crippen MR) is 63.8 cm³/mol. The quantitative estimate of drug-likeness (QED) is 0.265. The molecule has 82 valence electrons. The van der Waals surface area contributed by atoms with Crippen LogP contribution in [0.4, 0.5) is 0 Å². The predicted octanol–water partition coefficient (Wildman–Crippen LogP) is 2.47. The molecule has 1 rings (SSSR count). The first-order chi connectivity index (χ1) is 7.69. The Balaban J connectivity index is 3.09. The van der Waals surface area contributed by atoms with Crippen molar-refractivity contribution in [3.63, 3.8) is 0 Å². The van der Waals surface area contributed by atoms with E-state index in [1.54, 1.807) is 19.1 Å². The molecule has 0 aromatic carbocycles. The summed E-state index contributed by atoms with van der Waals surface area (Å²) in [5, 5.41) is 0.0391. The van der Waals surface area contributed by atoms with E-state index in [-0.39, 0.29) is 16.8 Å². The number of carbonyl (C=O) groups is 1. The summed E-state index contributed by atoms with van der Waals surface area (Å²) in [5.74, 6) is -0.269. The average Bonchev–Trinajstić information content (AvgIpc) is 2.28. The fourth-order valence-electron chi connectivity index (χ4n) is 1.06. The zero-order valence-corrected chi connectivity index (χ0v) is 9.48. The Morgan fingerprint density at radius 2 is 2.38 bits per heavy atom. The van der Waals surface area contributed by atoms with Crippen LogP contribution in [0.3, 0.4) is 0 Å². The lowest BCUT2D eigenvalue weighted by molar-refractivity contribution is 0.103. The Labute approximate surface area is 98.4 Å². The maximum Gasteiger partial charge on any atom is 0.222 e. The van der Waals surface area contributed by atoms with Crippen molar-refractivity contribution in [3.8, 4) is 0 Å². The summed E-state index contributed by atoms with van der Waals surface area (Å²) in [4.78, 5) is 23.0. The minimum Gasteiger partial charge on any atom is -0.287 e. The van der Waals surface area contributed by atoms with Crippen LogP contribution in [0.25, 0.3) is 0 Å². The Bertz CT molecular complexity index is 466. The molecular weight excluding hydrogens is 226 g/mol. The minimum absolute atomic E-state index is 0.0391. The molecule has 1 aromatic rings. The van der Waals surface area contributed by atoms with Crippen molar-refractivity contribution in [1.82, 2.24) is 9.97 Å². The Hall–Kier alpha value is -1.81. The summed E-state index contributed by atoms with van der Waals surface area (Å²) in [7, 11) is 0. The van der Waals surface area contributed by atoms with Gasteiger partial charge < -0.3 is 0 Å². The van der Waals surface area contributed by atoms with E-state index in [2.05, 4.69) is 21.7 Å². The highest BCUT2D eigenvalue weighted by Crippen LogP contribution is 2.09. The lowest BCUT2D eigenvalue weighted by Gasteiger charge is -1.99. The van der Waals surface area contributed by atoms with Crippen LogP contribution >= 0.6 is 11.6 Å². The molecule has 0 radical (unpaired) electrons. The van der Waals surface area contributed by atoms with Gasteiger partial charge in [0.25, 0.3) is 0 Å². The smallest absolute Gasteiger partial charge is 0.222 e. The van der Waals surface area contributed by atoms with Gasteiger partial charge in [0.15, 0.2) is 0 Å². The van der Waals surface area contributed by atoms with Gasteiger partial charge >= 0.3 is 0 Å². The zero-order valence-electron chi connectivity index (χ0n) is 8.72. The third-order valence-corrected chi connectivity index (χ3v) is 1.88. The van der Waals surface area contributed by atoms with Crippen molar-refractivity contribution < 1.29 is 4.79 Å². The third-order valence-electron chi connectivity index (χ3n) is 1.70. The van der Waals surface area contributed by atoms with E-state index < -0.39 is 0 Å². The van der Waals surface area contributed by atoms with Gasteiger partial charge in [0.2, 0.25) is 11.1 Å². The summed E-state index contributed by atoms with van der Waals surface area (Å²) >= 11 is 5.60. The highest BCUT2D eigenvalue weighted by atomic mass is 35.5. The minimum atomic E-state index is -0.269. The number of hydrogen-bond acceptors (Lipinski definition) is 4. The molecule has 0 saturated heterocycles. The number of ketones is 1. The molecule has 0 unspecified atom stereocenters. The second-order valence-corrected chi connectivity index (χ2v) is 3.15. The molecule has 16 heavy (non-hydrogen) atoms. The normalized spacial score (nSPS) is 11.8. The number of rotatable bonds is 4. The van der Waals surface area contributed by atoms with Gasteiger partial charge in [-0.05, 0) is 31.3 Å². The van der Waals surface area contributed by atoms with Crippen LogP contribution in [-0.2, 0) is 0 Å². The Morgan fingerprint density at radius 1 is 1.62 bits per heavy atom. The molecule has 0 atom stereocenters. The van der Waals surface area contributed by atoms with Crippen molar-refractivity contribution in [2.24, 2.45) is 4.99 Å². The highest BCUT2D eigenvalue weighted by Gasteiger charge is 2.11. The molecule has 0 spiro atoms. The van der Waals surface area contributed by atoms with Crippen molar-refractivity contribution in [1.29, 1.82) is 0 Å². The lowest BCUT2D eigenvalue weighted by atomic mass is 10.1. The molecule has 0 N–H and O–H groups in total. The summed E-state index contributed by atoms with van der Waals surface area (Å²) in [6.45, 7) is 5.11. The molecule has 1 aromatic heterocycles. The molecule has 4 nitrogen and oxygen atoms in total. The number of allylic oxidation sites excluding steroid dienone is 3. The first-order valence-electron chi connectivity index (χ1n) is 4.51. The van der Waals surface area contributed by atoms with Crippen LogP contribution in [0.2, 0.25) is 5.28 Å². The van der Waals surface area contributed by atoms with Gasteiger partial charge in [-0.25, -0.2) is 9.97 Å². The van der Waals surface area contributed by atoms with Crippen LogP contribution in [0.5, 0.6) is 0 Å². The molecule has 0 amide bonds. The summed E-state index contributed by atoms with van der Waals surface area (Å²) < 4.78 is 0. The number of Topliss-reactive ketones (excluding diaryl/α,β-unsaturated/α-hetero) is 1. The van der Waals surface area contributed by atoms with Gasteiger partial charge in [-0.15, -0.1) is 0 Å². The highest BCUT2D eigenvalue weighted by molar-refractivity contribution is 6.28. The van der Waals surface area contributed by atoms with Gasteiger partial charge in [-0.1, -0.05) is 12.2 Å². The fraction of sp³-hybridized carbons (Fsp3) is 0.0909. The molecule has 0 fully saturated rings. The number of halogens is 1.